The SMILES string of the molecule is NC(=O)CCC(NC(=O)C(Cc1c[nH]c2ccccc12)NC(=O)C(N)Cc1cnc[nH]1)C(=O)NC(CCC(=O)O)C(=O)O. The standard InChI is InChI=1S/C27H34N8O8/c28-17(10-15-12-30-13-32-15)24(39)35-21(9-14-11-31-18-4-2-1-3-16(14)18)26(41)33-19(5-7-22(29)36)25(40)34-20(27(42)43)6-8-23(37)38/h1-4,11-13,17,19-21,31H,5-10,28H2,(H2,29,36)(H,30,32)(H,33,41)(H,34,40)(H,35,39)(H,37,38)(H,42,43). The van der Waals surface area contributed by atoms with Crippen LogP contribution in [0.4, 0.5) is 0 Å². The van der Waals surface area contributed by atoms with E-state index in [2.05, 4.69) is 30.9 Å². The van der Waals surface area contributed by atoms with Crippen LogP contribution in [-0.4, -0.2) is 84.9 Å². The predicted octanol–water partition coefficient (Wildman–Crippen LogP) is -1.33. The van der Waals surface area contributed by atoms with Crippen molar-refractivity contribution in [3.8, 4) is 0 Å². The zero-order chi connectivity index (χ0) is 31.5. The molecule has 4 unspecified atom stereocenters. The van der Waals surface area contributed by atoms with Crippen molar-refractivity contribution in [1.82, 2.24) is 30.9 Å². The van der Waals surface area contributed by atoms with E-state index in [1.54, 1.807) is 12.3 Å². The number of carboxylic acids is 2. The molecule has 0 saturated heterocycles. The number of aromatic amines is 2. The van der Waals surface area contributed by atoms with E-state index in [9.17, 15) is 33.9 Å². The highest BCUT2D eigenvalue weighted by Crippen LogP contribution is 2.19. The van der Waals surface area contributed by atoms with Crippen molar-refractivity contribution in [3.63, 3.8) is 0 Å². The van der Waals surface area contributed by atoms with Gasteiger partial charge in [0.1, 0.15) is 18.1 Å². The first kappa shape index (κ1) is 32.3. The Hall–Kier alpha value is -5.25. The van der Waals surface area contributed by atoms with E-state index in [4.69, 9.17) is 16.6 Å². The number of rotatable bonds is 17. The molecule has 0 fully saturated rings. The minimum Gasteiger partial charge on any atom is -0.481 e. The topological polar surface area (TPSA) is 275 Å². The highest BCUT2D eigenvalue weighted by molar-refractivity contribution is 5.95. The number of nitrogens with zero attached hydrogens (tertiary/aromatic N) is 1. The molecule has 0 spiro atoms. The van der Waals surface area contributed by atoms with Crippen molar-refractivity contribution in [1.29, 1.82) is 0 Å². The smallest absolute Gasteiger partial charge is 0.326 e. The Morgan fingerprint density at radius 3 is 2.14 bits per heavy atom. The maximum absolute atomic E-state index is 13.6. The molecule has 11 N–H and O–H groups in total. The first-order valence-corrected chi connectivity index (χ1v) is 13.4. The molecular formula is C27H34N8O8. The summed E-state index contributed by atoms with van der Waals surface area (Å²) in [6.07, 6.45) is 3.13. The molecule has 0 aliphatic rings. The molecule has 43 heavy (non-hydrogen) atoms. The van der Waals surface area contributed by atoms with E-state index in [1.807, 2.05) is 18.2 Å². The van der Waals surface area contributed by atoms with E-state index >= 15 is 0 Å². The second kappa shape index (κ2) is 15.1. The Morgan fingerprint density at radius 1 is 0.837 bits per heavy atom. The number of hydrogen-bond acceptors (Lipinski definition) is 8. The fraction of sp³-hybridized carbons (Fsp3) is 0.370. The van der Waals surface area contributed by atoms with E-state index in [1.165, 1.54) is 12.5 Å². The molecule has 0 aliphatic heterocycles. The van der Waals surface area contributed by atoms with Gasteiger partial charge in [-0.25, -0.2) is 9.78 Å². The molecule has 2 heterocycles. The number of carboxylic acid groups (broad SMARTS) is 2. The summed E-state index contributed by atoms with van der Waals surface area (Å²) in [4.78, 5) is 83.5. The Morgan fingerprint density at radius 2 is 1.49 bits per heavy atom. The molecule has 0 bridgehead atoms. The summed E-state index contributed by atoms with van der Waals surface area (Å²) in [5.41, 5.74) is 13.4. The van der Waals surface area contributed by atoms with Crippen LogP contribution in [0.2, 0.25) is 0 Å². The molecule has 0 aliphatic carbocycles. The van der Waals surface area contributed by atoms with Crippen molar-refractivity contribution in [3.05, 3.63) is 54.2 Å². The summed E-state index contributed by atoms with van der Waals surface area (Å²) in [5, 5.41) is 26.4. The Labute approximate surface area is 245 Å². The molecule has 16 nitrogen and oxygen atoms in total. The molecule has 230 valence electrons. The number of primary amides is 1. The lowest BCUT2D eigenvalue weighted by Gasteiger charge is -2.25. The van der Waals surface area contributed by atoms with Crippen molar-refractivity contribution < 1.29 is 39.0 Å². The summed E-state index contributed by atoms with van der Waals surface area (Å²) in [7, 11) is 0. The van der Waals surface area contributed by atoms with Crippen LogP contribution in [0.1, 0.15) is 36.9 Å². The van der Waals surface area contributed by atoms with Crippen LogP contribution in [0, 0.1) is 0 Å². The van der Waals surface area contributed by atoms with Gasteiger partial charge in [0, 0.05) is 54.7 Å². The van der Waals surface area contributed by atoms with Crippen LogP contribution >= 0.6 is 0 Å². The number of imidazole rings is 1. The van der Waals surface area contributed by atoms with E-state index < -0.39 is 72.6 Å². The third-order valence-corrected chi connectivity index (χ3v) is 6.64. The molecular weight excluding hydrogens is 564 g/mol. The fourth-order valence-corrected chi connectivity index (χ4v) is 4.36. The van der Waals surface area contributed by atoms with Gasteiger partial charge >= 0.3 is 11.9 Å². The van der Waals surface area contributed by atoms with Crippen LogP contribution in [0.5, 0.6) is 0 Å². The van der Waals surface area contributed by atoms with Crippen LogP contribution in [0.3, 0.4) is 0 Å². The van der Waals surface area contributed by atoms with Crippen molar-refractivity contribution in [2.24, 2.45) is 11.5 Å². The van der Waals surface area contributed by atoms with Gasteiger partial charge in [0.25, 0.3) is 0 Å². The minimum absolute atomic E-state index is 0.0150. The van der Waals surface area contributed by atoms with Gasteiger partial charge in [0.15, 0.2) is 0 Å². The quantitative estimate of drug-likeness (QED) is 0.0883. The second-order valence-corrected chi connectivity index (χ2v) is 9.91. The average Bonchev–Trinajstić information content (AvgIpc) is 3.62. The number of hydrogen-bond donors (Lipinski definition) is 9. The lowest BCUT2D eigenvalue weighted by atomic mass is 10.0. The van der Waals surface area contributed by atoms with Gasteiger partial charge in [-0.15, -0.1) is 0 Å². The van der Waals surface area contributed by atoms with Gasteiger partial charge in [0.05, 0.1) is 12.4 Å². The number of carbonyl (C=O) groups excluding carboxylic acids is 4. The van der Waals surface area contributed by atoms with Gasteiger partial charge in [-0.1, -0.05) is 18.2 Å². The lowest BCUT2D eigenvalue weighted by molar-refractivity contribution is -0.143. The zero-order valence-corrected chi connectivity index (χ0v) is 23.0. The summed E-state index contributed by atoms with van der Waals surface area (Å²) in [6.45, 7) is 0. The number of benzene rings is 1. The van der Waals surface area contributed by atoms with Gasteiger partial charge < -0.3 is 47.6 Å². The zero-order valence-electron chi connectivity index (χ0n) is 23.0. The van der Waals surface area contributed by atoms with Crippen LogP contribution < -0.4 is 27.4 Å². The summed E-state index contributed by atoms with van der Waals surface area (Å²) in [6, 6.07) is 1.98. The number of aromatic nitrogens is 3. The van der Waals surface area contributed by atoms with Crippen molar-refractivity contribution in [2.75, 3.05) is 0 Å². The number of nitrogens with two attached hydrogens (primary N) is 2. The third kappa shape index (κ3) is 9.67. The fourth-order valence-electron chi connectivity index (χ4n) is 4.36. The number of amides is 4. The van der Waals surface area contributed by atoms with E-state index in [0.29, 0.717) is 11.3 Å². The van der Waals surface area contributed by atoms with Gasteiger partial charge in [0.2, 0.25) is 23.6 Å². The van der Waals surface area contributed by atoms with E-state index in [0.717, 1.165) is 10.9 Å². The van der Waals surface area contributed by atoms with Crippen LogP contribution in [-0.2, 0) is 41.6 Å². The third-order valence-electron chi connectivity index (χ3n) is 6.64. The molecule has 0 radical (unpaired) electrons. The molecule has 3 aromatic rings. The number of aliphatic carboxylic acids is 2. The first-order valence-electron chi connectivity index (χ1n) is 13.4. The predicted molar refractivity (Wildman–Crippen MR) is 151 cm³/mol. The van der Waals surface area contributed by atoms with Gasteiger partial charge in [-0.05, 0) is 24.5 Å². The van der Waals surface area contributed by atoms with Crippen molar-refractivity contribution in [2.45, 2.75) is 62.7 Å². The molecule has 4 atom stereocenters. The molecule has 3 rings (SSSR count). The monoisotopic (exact) mass is 598 g/mol. The van der Waals surface area contributed by atoms with Gasteiger partial charge in [-0.3, -0.25) is 24.0 Å². The molecule has 1 aromatic carbocycles. The Bertz CT molecular complexity index is 1450. The molecule has 4 amide bonds. The van der Waals surface area contributed by atoms with Crippen LogP contribution in [0.15, 0.2) is 43.0 Å². The maximum atomic E-state index is 13.6. The van der Waals surface area contributed by atoms with Gasteiger partial charge in [-0.2, -0.15) is 0 Å². The molecule has 16 heteroatoms. The van der Waals surface area contributed by atoms with Crippen LogP contribution in [0.25, 0.3) is 10.9 Å². The highest BCUT2D eigenvalue weighted by atomic mass is 16.4. The van der Waals surface area contributed by atoms with E-state index in [-0.39, 0.29) is 25.7 Å². The minimum atomic E-state index is -1.57. The average molecular weight is 599 g/mol. The Balaban J connectivity index is 1.83. The first-order chi connectivity index (χ1) is 20.4. The molecule has 0 saturated carbocycles. The second-order valence-electron chi connectivity index (χ2n) is 9.91. The lowest BCUT2D eigenvalue weighted by Crippen LogP contribution is -2.58. The highest BCUT2D eigenvalue weighted by Gasteiger charge is 2.31. The summed E-state index contributed by atoms with van der Waals surface area (Å²) >= 11 is 0. The number of H-pyrrole nitrogens is 2. The number of carbonyl (C=O) groups is 6. The number of para-hydroxylation sites is 1. The molecule has 2 aromatic heterocycles. The summed E-state index contributed by atoms with van der Waals surface area (Å²) < 4.78 is 0. The Kier molecular flexibility index (Phi) is 11.3. The summed E-state index contributed by atoms with van der Waals surface area (Å²) in [5.74, 6) is -5.96. The van der Waals surface area contributed by atoms with Crippen molar-refractivity contribution >= 4 is 46.5 Å². The maximum Gasteiger partial charge on any atom is 0.326 e. The number of fused-ring (bicyclic) bond motifs is 1. The largest absolute Gasteiger partial charge is 0.481 e. The number of nitrogens with one attached hydrogen (secondary N) is 5. The normalized spacial score (nSPS) is 13.8.